The second kappa shape index (κ2) is 6.32. The molecule has 16 heavy (non-hydrogen) atoms. The number of benzene rings is 1. The first-order valence-corrected chi connectivity index (χ1v) is 4.95. The predicted molar refractivity (Wildman–Crippen MR) is 64.6 cm³/mol. The van der Waals surface area contributed by atoms with Crippen LogP contribution >= 0.6 is 0 Å². The van der Waals surface area contributed by atoms with Gasteiger partial charge in [-0.3, -0.25) is 0 Å². The lowest BCUT2D eigenvalue weighted by molar-refractivity contribution is 0.415. The molecule has 0 bridgehead atoms. The van der Waals surface area contributed by atoms with Gasteiger partial charge in [-0.1, -0.05) is 24.3 Å². The van der Waals surface area contributed by atoms with Crippen LogP contribution in [0.15, 0.2) is 30.3 Å². The molecule has 0 aliphatic carbocycles. The van der Waals surface area contributed by atoms with Crippen molar-refractivity contribution in [2.75, 3.05) is 7.11 Å². The van der Waals surface area contributed by atoms with E-state index in [2.05, 4.69) is 12.0 Å². The zero-order chi connectivity index (χ0) is 11.8. The summed E-state index contributed by atoms with van der Waals surface area (Å²) in [6, 6.07) is 9.76. The Morgan fingerprint density at radius 1 is 1.44 bits per heavy atom. The summed E-state index contributed by atoms with van der Waals surface area (Å²) in [6.45, 7) is 0. The number of hydrogen-bond donors (Lipinski definition) is 0. The van der Waals surface area contributed by atoms with Gasteiger partial charge in [0.2, 0.25) is 0 Å². The molecule has 0 amide bonds. The van der Waals surface area contributed by atoms with Gasteiger partial charge in [-0.2, -0.15) is 5.26 Å². The standard InChI is InChI=1S/C14H13NO/c1-3-4-13(11-15)6-5-12-7-9-14(16-2)10-8-12/h1,5-10,13H,4H2,2H3. The summed E-state index contributed by atoms with van der Waals surface area (Å²) < 4.78 is 5.05. The molecule has 1 aromatic rings. The van der Waals surface area contributed by atoms with E-state index in [0.29, 0.717) is 6.42 Å². The van der Waals surface area contributed by atoms with Crippen molar-refractivity contribution < 1.29 is 4.74 Å². The zero-order valence-electron chi connectivity index (χ0n) is 9.18. The molecule has 0 radical (unpaired) electrons. The van der Waals surface area contributed by atoms with Crippen molar-refractivity contribution in [3.8, 4) is 24.2 Å². The fourth-order valence-corrected chi connectivity index (χ4v) is 1.23. The summed E-state index contributed by atoms with van der Waals surface area (Å²) in [5.41, 5.74) is 1.03. The number of allylic oxidation sites excluding steroid dienone is 1. The molecule has 1 aromatic carbocycles. The number of hydrogen-bond acceptors (Lipinski definition) is 2. The smallest absolute Gasteiger partial charge is 0.118 e. The van der Waals surface area contributed by atoms with E-state index >= 15 is 0 Å². The van der Waals surface area contributed by atoms with Crippen LogP contribution < -0.4 is 4.74 Å². The van der Waals surface area contributed by atoms with Gasteiger partial charge in [0.1, 0.15) is 5.75 Å². The molecule has 80 valence electrons. The van der Waals surface area contributed by atoms with Gasteiger partial charge >= 0.3 is 0 Å². The van der Waals surface area contributed by atoms with Crippen LogP contribution in [0.4, 0.5) is 0 Å². The Morgan fingerprint density at radius 2 is 2.12 bits per heavy atom. The molecular formula is C14H13NO. The SMILES string of the molecule is C#CCC(C#N)C=Cc1ccc(OC)cc1. The second-order valence-electron chi connectivity index (χ2n) is 3.28. The van der Waals surface area contributed by atoms with E-state index in [4.69, 9.17) is 16.4 Å². The number of terminal acetylenes is 1. The zero-order valence-corrected chi connectivity index (χ0v) is 9.18. The minimum atomic E-state index is -0.216. The second-order valence-corrected chi connectivity index (χ2v) is 3.28. The van der Waals surface area contributed by atoms with E-state index in [1.165, 1.54) is 0 Å². The van der Waals surface area contributed by atoms with E-state index in [1.54, 1.807) is 7.11 Å². The molecule has 1 rings (SSSR count). The molecule has 2 heteroatoms. The highest BCUT2D eigenvalue weighted by molar-refractivity contribution is 5.51. The minimum absolute atomic E-state index is 0.216. The van der Waals surface area contributed by atoms with Crippen LogP contribution in [0, 0.1) is 29.6 Å². The topological polar surface area (TPSA) is 33.0 Å². The maximum Gasteiger partial charge on any atom is 0.118 e. The minimum Gasteiger partial charge on any atom is -0.497 e. The molecule has 1 atom stereocenters. The van der Waals surface area contributed by atoms with Crippen molar-refractivity contribution in [1.29, 1.82) is 5.26 Å². The summed E-state index contributed by atoms with van der Waals surface area (Å²) >= 11 is 0. The average Bonchev–Trinajstić information content (AvgIpc) is 2.35. The van der Waals surface area contributed by atoms with Crippen molar-refractivity contribution >= 4 is 6.08 Å². The number of rotatable bonds is 4. The van der Waals surface area contributed by atoms with Crippen molar-refractivity contribution in [1.82, 2.24) is 0 Å². The highest BCUT2D eigenvalue weighted by atomic mass is 16.5. The number of nitrogens with zero attached hydrogens (tertiary/aromatic N) is 1. The van der Waals surface area contributed by atoms with Gasteiger partial charge in [-0.25, -0.2) is 0 Å². The first-order chi connectivity index (χ1) is 7.80. The number of ether oxygens (including phenoxy) is 1. The Bertz CT molecular complexity index is 431. The first-order valence-electron chi connectivity index (χ1n) is 4.95. The Balaban J connectivity index is 2.69. The molecule has 0 fully saturated rings. The molecule has 0 aromatic heterocycles. The van der Waals surface area contributed by atoms with E-state index < -0.39 is 0 Å². The summed E-state index contributed by atoms with van der Waals surface area (Å²) in [4.78, 5) is 0. The average molecular weight is 211 g/mol. The van der Waals surface area contributed by atoms with E-state index in [0.717, 1.165) is 11.3 Å². The summed E-state index contributed by atoms with van der Waals surface area (Å²) in [5.74, 6) is 3.08. The van der Waals surface area contributed by atoms with Crippen LogP contribution in [0.2, 0.25) is 0 Å². The molecule has 0 saturated heterocycles. The van der Waals surface area contributed by atoms with Gasteiger partial charge in [0.05, 0.1) is 19.1 Å². The largest absolute Gasteiger partial charge is 0.497 e. The fourth-order valence-electron chi connectivity index (χ4n) is 1.23. The number of nitriles is 1. The lowest BCUT2D eigenvalue weighted by atomic mass is 10.1. The lowest BCUT2D eigenvalue weighted by Crippen LogP contribution is -1.89. The molecular weight excluding hydrogens is 198 g/mol. The third-order valence-electron chi connectivity index (χ3n) is 2.14. The highest BCUT2D eigenvalue weighted by Crippen LogP contribution is 2.13. The van der Waals surface area contributed by atoms with Crippen molar-refractivity contribution in [2.24, 2.45) is 5.92 Å². The van der Waals surface area contributed by atoms with Crippen LogP contribution in [0.25, 0.3) is 6.08 Å². The van der Waals surface area contributed by atoms with Gasteiger partial charge in [0.15, 0.2) is 0 Å². The van der Waals surface area contributed by atoms with Gasteiger partial charge in [-0.15, -0.1) is 12.3 Å². The first kappa shape index (κ1) is 11.9. The molecule has 0 heterocycles. The third kappa shape index (κ3) is 3.52. The third-order valence-corrected chi connectivity index (χ3v) is 2.14. The van der Waals surface area contributed by atoms with Gasteiger partial charge in [-0.05, 0) is 17.7 Å². The van der Waals surface area contributed by atoms with Crippen molar-refractivity contribution in [2.45, 2.75) is 6.42 Å². The van der Waals surface area contributed by atoms with Crippen LogP contribution in [0.5, 0.6) is 5.75 Å². The molecule has 0 saturated carbocycles. The van der Waals surface area contributed by atoms with Crippen LogP contribution in [-0.4, -0.2) is 7.11 Å². The van der Waals surface area contributed by atoms with Crippen LogP contribution in [-0.2, 0) is 0 Å². The maximum atomic E-state index is 8.80. The normalized spacial score (nSPS) is 11.7. The monoisotopic (exact) mass is 211 g/mol. The van der Waals surface area contributed by atoms with Crippen LogP contribution in [0.1, 0.15) is 12.0 Å². The molecule has 2 nitrogen and oxygen atoms in total. The molecule has 0 aliphatic heterocycles. The molecule has 0 aliphatic rings. The van der Waals surface area contributed by atoms with Crippen molar-refractivity contribution in [3.05, 3.63) is 35.9 Å². The Morgan fingerprint density at radius 3 is 2.62 bits per heavy atom. The van der Waals surface area contributed by atoms with E-state index in [9.17, 15) is 0 Å². The Hall–Kier alpha value is -2.19. The summed E-state index contributed by atoms with van der Waals surface area (Å²) in [5, 5.41) is 8.80. The fraction of sp³-hybridized carbons (Fsp3) is 0.214. The molecule has 0 spiro atoms. The summed E-state index contributed by atoms with van der Waals surface area (Å²) in [7, 11) is 1.63. The molecule has 0 N–H and O–H groups in total. The lowest BCUT2D eigenvalue weighted by Gasteiger charge is -2.00. The van der Waals surface area contributed by atoms with Gasteiger partial charge < -0.3 is 4.74 Å². The quantitative estimate of drug-likeness (QED) is 0.717. The Labute approximate surface area is 96.2 Å². The van der Waals surface area contributed by atoms with Gasteiger partial charge in [0.25, 0.3) is 0 Å². The van der Waals surface area contributed by atoms with Crippen LogP contribution in [0.3, 0.4) is 0 Å². The number of methoxy groups -OCH3 is 1. The highest BCUT2D eigenvalue weighted by Gasteiger charge is 1.99. The van der Waals surface area contributed by atoms with Gasteiger partial charge in [0, 0.05) is 6.42 Å². The maximum absolute atomic E-state index is 8.80. The Kier molecular flexibility index (Phi) is 4.70. The molecule has 1 unspecified atom stereocenters. The predicted octanol–water partition coefficient (Wildman–Crippen LogP) is 2.87. The van der Waals surface area contributed by atoms with E-state index in [1.807, 2.05) is 36.4 Å². The summed E-state index contributed by atoms with van der Waals surface area (Å²) in [6.07, 6.45) is 9.32. The van der Waals surface area contributed by atoms with E-state index in [-0.39, 0.29) is 5.92 Å². The van der Waals surface area contributed by atoms with Crippen molar-refractivity contribution in [3.63, 3.8) is 0 Å².